The number of hydrogen-bond donors (Lipinski definition) is 0. The summed E-state index contributed by atoms with van der Waals surface area (Å²) in [6.07, 6.45) is 2.93. The van der Waals surface area contributed by atoms with Crippen LogP contribution in [-0.2, 0) is 4.57 Å². The van der Waals surface area contributed by atoms with Gasteiger partial charge in [0.25, 0.3) is 0 Å². The molecule has 0 heterocycles. The fourth-order valence-corrected chi connectivity index (χ4v) is 6.36. The fraction of sp³-hybridized carbons (Fsp3) is 0.364. The Morgan fingerprint density at radius 3 is 1.87 bits per heavy atom. The Labute approximate surface area is 186 Å². The van der Waals surface area contributed by atoms with Crippen LogP contribution in [0.2, 0.25) is 10.0 Å². The molecule has 3 rings (SSSR count). The number of rotatable bonds is 7. The van der Waals surface area contributed by atoms with Crippen molar-refractivity contribution in [3.63, 3.8) is 0 Å². The molecule has 1 aliphatic rings. The molecule has 0 amide bonds. The van der Waals surface area contributed by atoms with Crippen molar-refractivity contribution < 1.29 is 23.6 Å². The van der Waals surface area contributed by atoms with E-state index in [-0.39, 0.29) is 32.7 Å². The zero-order valence-corrected chi connectivity index (χ0v) is 19.2. The van der Waals surface area contributed by atoms with E-state index < -0.39 is 24.3 Å². The molecule has 0 saturated heterocycles. The summed E-state index contributed by atoms with van der Waals surface area (Å²) in [5, 5.41) is -1.00. The molecule has 1 atom stereocenters. The number of ketones is 1. The first kappa shape index (κ1) is 22.7. The lowest BCUT2D eigenvalue weighted by Gasteiger charge is -2.27. The highest BCUT2D eigenvalue weighted by atomic mass is 35.5. The van der Waals surface area contributed by atoms with Gasteiger partial charge in [0.2, 0.25) is 10.9 Å². The van der Waals surface area contributed by atoms with Crippen molar-refractivity contribution in [1.29, 1.82) is 0 Å². The predicted octanol–water partition coefficient (Wildman–Crippen LogP) is 6.56. The van der Waals surface area contributed by atoms with E-state index in [9.17, 15) is 14.2 Å². The second kappa shape index (κ2) is 9.47. The van der Waals surface area contributed by atoms with Gasteiger partial charge in [-0.05, 0) is 37.1 Å². The number of Topliss-reactive ketones (excluding diaryl/α,β-unsaturated/α-hetero) is 1. The zero-order chi connectivity index (χ0) is 21.9. The van der Waals surface area contributed by atoms with Crippen molar-refractivity contribution >= 4 is 42.3 Å². The second-order valence-electron chi connectivity index (χ2n) is 7.16. The average molecular weight is 468 g/mol. The van der Waals surface area contributed by atoms with Crippen LogP contribution in [-0.4, -0.2) is 30.7 Å². The summed E-state index contributed by atoms with van der Waals surface area (Å²) >= 11 is 12.6. The molecule has 0 aliphatic heterocycles. The lowest BCUT2D eigenvalue weighted by atomic mass is 9.82. The van der Waals surface area contributed by atoms with Gasteiger partial charge in [0.1, 0.15) is 11.5 Å². The van der Waals surface area contributed by atoms with Crippen LogP contribution in [0.4, 0.5) is 0 Å². The molecular formula is C22H22Cl2O5P+. The van der Waals surface area contributed by atoms with Crippen molar-refractivity contribution in [2.24, 2.45) is 0 Å². The smallest absolute Gasteiger partial charge is 0.434 e. The molecule has 2 aromatic carbocycles. The number of methoxy groups -OCH3 is 2. The van der Waals surface area contributed by atoms with E-state index in [0.717, 1.165) is 6.42 Å². The van der Waals surface area contributed by atoms with E-state index in [0.29, 0.717) is 25.7 Å². The summed E-state index contributed by atoms with van der Waals surface area (Å²) in [6, 6.07) is 9.63. The number of ether oxygens (including phenoxy) is 2. The topological polar surface area (TPSA) is 69.7 Å². The summed E-state index contributed by atoms with van der Waals surface area (Å²) in [7, 11) is 0.173. The van der Waals surface area contributed by atoms with Crippen LogP contribution in [0, 0.1) is 0 Å². The lowest BCUT2D eigenvalue weighted by molar-refractivity contribution is 0.0903. The predicted molar refractivity (Wildman–Crippen MR) is 118 cm³/mol. The van der Waals surface area contributed by atoms with Gasteiger partial charge in [0.15, 0.2) is 5.56 Å². The van der Waals surface area contributed by atoms with E-state index in [2.05, 4.69) is 0 Å². The summed E-state index contributed by atoms with van der Waals surface area (Å²) in [5.74, 6) is 0.0508. The van der Waals surface area contributed by atoms with E-state index in [1.165, 1.54) is 14.2 Å². The van der Waals surface area contributed by atoms with Gasteiger partial charge >= 0.3 is 13.3 Å². The molecule has 2 aromatic rings. The highest BCUT2D eigenvalue weighted by Gasteiger charge is 2.61. The van der Waals surface area contributed by atoms with Gasteiger partial charge in [-0.1, -0.05) is 46.3 Å². The highest BCUT2D eigenvalue weighted by molar-refractivity contribution is 7.67. The maximum Gasteiger partial charge on any atom is 0.434 e. The molecule has 0 bridgehead atoms. The van der Waals surface area contributed by atoms with Crippen LogP contribution < -0.4 is 9.47 Å². The minimum atomic E-state index is -2.67. The number of carbonyl (C=O) groups excluding carboxylic acids is 2. The number of benzene rings is 2. The van der Waals surface area contributed by atoms with E-state index in [1.807, 2.05) is 0 Å². The Kier molecular flexibility index (Phi) is 7.18. The van der Waals surface area contributed by atoms with E-state index in [4.69, 9.17) is 32.7 Å². The number of hydrogen-bond acceptors (Lipinski definition) is 5. The van der Waals surface area contributed by atoms with Crippen LogP contribution in [0.15, 0.2) is 36.4 Å². The largest absolute Gasteiger partial charge is 0.496 e. The van der Waals surface area contributed by atoms with Crippen molar-refractivity contribution in [3.05, 3.63) is 57.6 Å². The van der Waals surface area contributed by atoms with Crippen molar-refractivity contribution in [3.8, 4) is 11.5 Å². The monoisotopic (exact) mass is 467 g/mol. The molecule has 0 spiro atoms. The fourth-order valence-electron chi connectivity index (χ4n) is 3.96. The molecule has 30 heavy (non-hydrogen) atoms. The molecular weight excluding hydrogens is 446 g/mol. The molecule has 0 aromatic heterocycles. The van der Waals surface area contributed by atoms with Gasteiger partial charge in [-0.25, -0.2) is 4.79 Å². The number of halogens is 2. The van der Waals surface area contributed by atoms with Crippen LogP contribution in [0.1, 0.15) is 52.8 Å². The van der Waals surface area contributed by atoms with Crippen molar-refractivity contribution in [2.45, 2.75) is 37.3 Å². The second-order valence-corrected chi connectivity index (χ2v) is 9.82. The van der Waals surface area contributed by atoms with Gasteiger partial charge in [-0.2, -0.15) is 0 Å². The molecule has 5 nitrogen and oxygen atoms in total. The maximum absolute atomic E-state index is 13.8. The zero-order valence-electron chi connectivity index (χ0n) is 16.7. The van der Waals surface area contributed by atoms with Gasteiger partial charge < -0.3 is 9.47 Å². The quantitative estimate of drug-likeness (QED) is 0.340. The first-order valence-corrected chi connectivity index (χ1v) is 11.6. The normalized spacial score (nSPS) is 15.9. The van der Waals surface area contributed by atoms with Crippen LogP contribution >= 0.6 is 31.0 Å². The minimum absolute atomic E-state index is 0.0756. The third-order valence-corrected chi connectivity index (χ3v) is 8.16. The molecule has 1 unspecified atom stereocenters. The SMILES string of the molecule is COc1cccc(OC)c1C(=O)[P+](=O)C1(C(=O)c2c(Cl)cccc2Cl)CCCCC1. The Bertz CT molecular complexity index is 957. The van der Waals surface area contributed by atoms with E-state index >= 15 is 0 Å². The Morgan fingerprint density at radius 1 is 0.867 bits per heavy atom. The third-order valence-electron chi connectivity index (χ3n) is 5.51. The number of carbonyl (C=O) groups is 2. The molecule has 0 radical (unpaired) electrons. The summed E-state index contributed by atoms with van der Waals surface area (Å²) in [5.41, 5.74) is -0.477. The first-order valence-electron chi connectivity index (χ1n) is 9.59. The van der Waals surface area contributed by atoms with Crippen LogP contribution in [0.5, 0.6) is 11.5 Å². The third kappa shape index (κ3) is 3.99. The Balaban J connectivity index is 2.12. The molecule has 1 fully saturated rings. The molecule has 158 valence electrons. The minimum Gasteiger partial charge on any atom is -0.496 e. The summed E-state index contributed by atoms with van der Waals surface area (Å²) in [4.78, 5) is 27.1. The lowest BCUT2D eigenvalue weighted by Crippen LogP contribution is -2.39. The highest BCUT2D eigenvalue weighted by Crippen LogP contribution is 2.55. The van der Waals surface area contributed by atoms with Crippen molar-refractivity contribution in [1.82, 2.24) is 0 Å². The Morgan fingerprint density at radius 2 is 1.37 bits per heavy atom. The van der Waals surface area contributed by atoms with Crippen molar-refractivity contribution in [2.75, 3.05) is 14.2 Å². The Hall–Kier alpha value is -1.94. The average Bonchev–Trinajstić information content (AvgIpc) is 2.77. The molecule has 0 N–H and O–H groups in total. The van der Waals surface area contributed by atoms with Gasteiger partial charge in [0.05, 0.1) is 29.8 Å². The first-order chi connectivity index (χ1) is 14.4. The van der Waals surface area contributed by atoms with Crippen LogP contribution in [0.25, 0.3) is 0 Å². The summed E-state index contributed by atoms with van der Waals surface area (Å²) < 4.78 is 24.4. The maximum atomic E-state index is 13.8. The van der Waals surface area contributed by atoms with Crippen LogP contribution in [0.3, 0.4) is 0 Å². The molecule has 8 heteroatoms. The molecule has 1 saturated carbocycles. The molecule has 1 aliphatic carbocycles. The van der Waals surface area contributed by atoms with Gasteiger partial charge in [0, 0.05) is 12.8 Å². The van der Waals surface area contributed by atoms with Gasteiger partial charge in [-0.15, -0.1) is 0 Å². The summed E-state index contributed by atoms with van der Waals surface area (Å²) in [6.45, 7) is 0. The standard InChI is InChI=1S/C22H22Cl2O5P/c1-28-16-10-7-11-17(29-2)19(16)21(26)30(27)22(12-4-3-5-13-22)20(25)18-14(23)8-6-9-15(18)24/h6-11H,3-5,12-13H2,1-2H3/q+1. The van der Waals surface area contributed by atoms with E-state index in [1.54, 1.807) is 36.4 Å². The van der Waals surface area contributed by atoms with Gasteiger partial charge in [-0.3, -0.25) is 4.79 Å².